The van der Waals surface area contributed by atoms with Gasteiger partial charge in [0.15, 0.2) is 13.9 Å². The molecule has 3 aliphatic rings. The highest BCUT2D eigenvalue weighted by atomic mass is 28.4. The van der Waals surface area contributed by atoms with Crippen LogP contribution in [0.2, 0.25) is 18.6 Å². The third kappa shape index (κ3) is 7.04. The number of esters is 1. The maximum absolute atomic E-state index is 14.9. The number of para-hydroxylation sites is 1. The van der Waals surface area contributed by atoms with E-state index in [4.69, 9.17) is 9.47 Å². The second kappa shape index (κ2) is 15.3. The molecule has 0 radical (unpaired) electrons. The van der Waals surface area contributed by atoms with Crippen molar-refractivity contribution in [3.05, 3.63) is 89.5 Å². The topological polar surface area (TPSA) is 137 Å². The molecule has 0 aromatic heterocycles. The van der Waals surface area contributed by atoms with Gasteiger partial charge in [0, 0.05) is 55.2 Å². The molecule has 0 unspecified atom stereocenters. The Bertz CT molecular complexity index is 1810. The maximum atomic E-state index is 14.9. The average molecular weight is 728 g/mol. The maximum Gasteiger partial charge on any atom is 0.305 e. The largest absolute Gasteiger partial charge is 0.469 e. The SMILES string of the molecule is COC(=O)CCCCN1C(=O)[C@]2(O[C@H](CC(=O)N(CCO)Cc3ccccc3)[C@@H]([Si](C)(C)O)[C@@H]2C)c2cc(N3C(=O)CCc4ccccc43)ccc21. The van der Waals surface area contributed by atoms with Gasteiger partial charge < -0.3 is 29.2 Å². The third-order valence-electron chi connectivity index (χ3n) is 10.9. The molecule has 3 aliphatic heterocycles. The van der Waals surface area contributed by atoms with Crippen LogP contribution in [0.3, 0.4) is 0 Å². The molecule has 1 saturated heterocycles. The van der Waals surface area contributed by atoms with Crippen LogP contribution in [0.5, 0.6) is 0 Å². The molecule has 0 aliphatic carbocycles. The van der Waals surface area contributed by atoms with Gasteiger partial charge in [-0.3, -0.25) is 24.1 Å². The fraction of sp³-hybridized carbons (Fsp3) is 0.450. The minimum absolute atomic E-state index is 0.0512. The highest BCUT2D eigenvalue weighted by Crippen LogP contribution is 2.60. The van der Waals surface area contributed by atoms with E-state index in [1.807, 2.05) is 92.8 Å². The monoisotopic (exact) mass is 727 g/mol. The summed E-state index contributed by atoms with van der Waals surface area (Å²) in [7, 11) is -1.75. The first kappa shape index (κ1) is 37.4. The van der Waals surface area contributed by atoms with Crippen molar-refractivity contribution >= 4 is 49.1 Å². The van der Waals surface area contributed by atoms with E-state index in [-0.39, 0.29) is 49.7 Å². The molecule has 52 heavy (non-hydrogen) atoms. The van der Waals surface area contributed by atoms with Crippen LogP contribution < -0.4 is 9.80 Å². The molecule has 4 atom stereocenters. The van der Waals surface area contributed by atoms with E-state index in [9.17, 15) is 29.1 Å². The molecule has 3 heterocycles. The van der Waals surface area contributed by atoms with Crippen molar-refractivity contribution in [1.82, 2.24) is 4.90 Å². The summed E-state index contributed by atoms with van der Waals surface area (Å²) in [4.78, 5) is 71.1. The summed E-state index contributed by atoms with van der Waals surface area (Å²) in [6.45, 7) is 6.08. The Morgan fingerprint density at radius 3 is 2.44 bits per heavy atom. The summed E-state index contributed by atoms with van der Waals surface area (Å²) in [5.74, 6) is -1.43. The fourth-order valence-corrected chi connectivity index (χ4v) is 11.1. The van der Waals surface area contributed by atoms with Crippen LogP contribution in [0.15, 0.2) is 72.8 Å². The first-order valence-electron chi connectivity index (χ1n) is 18.2. The summed E-state index contributed by atoms with van der Waals surface area (Å²) in [5, 5.41) is 9.87. The van der Waals surface area contributed by atoms with Crippen molar-refractivity contribution in [3.63, 3.8) is 0 Å². The smallest absolute Gasteiger partial charge is 0.305 e. The van der Waals surface area contributed by atoms with E-state index in [2.05, 4.69) is 0 Å². The fourth-order valence-electron chi connectivity index (χ4n) is 8.50. The van der Waals surface area contributed by atoms with Crippen LogP contribution in [0.4, 0.5) is 17.1 Å². The highest BCUT2D eigenvalue weighted by molar-refractivity contribution is 6.71. The zero-order valence-electron chi connectivity index (χ0n) is 30.4. The van der Waals surface area contributed by atoms with Crippen molar-refractivity contribution in [2.75, 3.05) is 36.6 Å². The molecule has 276 valence electrons. The van der Waals surface area contributed by atoms with Gasteiger partial charge in [0.2, 0.25) is 11.8 Å². The Labute approximate surface area is 306 Å². The average Bonchev–Trinajstić information content (AvgIpc) is 3.55. The summed E-state index contributed by atoms with van der Waals surface area (Å²) in [6.07, 6.45) is 1.40. The molecule has 6 rings (SSSR count). The lowest BCUT2D eigenvalue weighted by molar-refractivity contribution is -0.149. The van der Waals surface area contributed by atoms with Crippen molar-refractivity contribution in [1.29, 1.82) is 0 Å². The number of hydrogen-bond acceptors (Lipinski definition) is 8. The molecule has 3 amide bonds. The number of nitrogens with zero attached hydrogens (tertiary/aromatic N) is 3. The van der Waals surface area contributed by atoms with Crippen LogP contribution in [0.1, 0.15) is 55.7 Å². The standard InChI is InChI=1S/C40H49N3O8Si/c1-27-38(52(3,4)49)34(25-36(46)41(22-23-44)26-28-12-6-5-7-13-28)51-40(27)31-24-30(43-32-15-9-8-14-29(32)17-20-35(43)45)18-19-33(31)42(39(40)48)21-11-10-16-37(47)50-2/h5-9,12-15,18-19,24,27,34,38,44,49H,10-11,16-17,20-23,25-26H2,1-4H3/t27-,34+,38-,40+/m0/s1. The summed E-state index contributed by atoms with van der Waals surface area (Å²) in [5.41, 5.74) is 2.59. The van der Waals surface area contributed by atoms with Crippen molar-refractivity contribution < 1.29 is 38.6 Å². The zero-order valence-corrected chi connectivity index (χ0v) is 31.4. The van der Waals surface area contributed by atoms with Gasteiger partial charge in [-0.1, -0.05) is 55.5 Å². The van der Waals surface area contributed by atoms with Gasteiger partial charge in [0.05, 0.1) is 37.6 Å². The molecule has 0 saturated carbocycles. The lowest BCUT2D eigenvalue weighted by Gasteiger charge is -2.33. The third-order valence-corrected chi connectivity index (χ3v) is 13.4. The number of fused-ring (bicyclic) bond motifs is 3. The lowest BCUT2D eigenvalue weighted by Crippen LogP contribution is -2.46. The normalized spacial score (nSPS) is 22.5. The molecule has 12 heteroatoms. The number of aliphatic hydroxyl groups excluding tert-OH is 1. The van der Waals surface area contributed by atoms with Gasteiger partial charge in [0.25, 0.3) is 5.91 Å². The van der Waals surface area contributed by atoms with E-state index in [1.165, 1.54) is 7.11 Å². The Balaban J connectivity index is 1.40. The summed E-state index contributed by atoms with van der Waals surface area (Å²) in [6, 6.07) is 22.9. The number of carbonyl (C=O) groups is 4. The predicted octanol–water partition coefficient (Wildman–Crippen LogP) is 5.20. The minimum Gasteiger partial charge on any atom is -0.469 e. The molecular weight excluding hydrogens is 679 g/mol. The number of anilines is 3. The quantitative estimate of drug-likeness (QED) is 0.139. The first-order valence-corrected chi connectivity index (χ1v) is 21.2. The van der Waals surface area contributed by atoms with Gasteiger partial charge in [-0.25, -0.2) is 0 Å². The van der Waals surface area contributed by atoms with E-state index in [1.54, 1.807) is 14.7 Å². The number of methoxy groups -OCH3 is 1. The summed E-state index contributed by atoms with van der Waals surface area (Å²) < 4.78 is 11.8. The second-order valence-corrected chi connectivity index (χ2v) is 18.6. The van der Waals surface area contributed by atoms with E-state index in [0.717, 1.165) is 16.8 Å². The predicted molar refractivity (Wildman–Crippen MR) is 199 cm³/mol. The number of hydrogen-bond donors (Lipinski definition) is 2. The number of unbranched alkanes of at least 4 members (excludes halogenated alkanes) is 1. The van der Waals surface area contributed by atoms with Crippen LogP contribution in [-0.4, -0.2) is 79.7 Å². The van der Waals surface area contributed by atoms with Crippen LogP contribution in [0, 0.1) is 5.92 Å². The van der Waals surface area contributed by atoms with Crippen molar-refractivity contribution in [3.8, 4) is 0 Å². The highest BCUT2D eigenvalue weighted by Gasteiger charge is 2.66. The molecular formula is C40H49N3O8Si. The molecule has 3 aromatic rings. The Morgan fingerprint density at radius 2 is 1.73 bits per heavy atom. The van der Waals surface area contributed by atoms with Crippen LogP contribution >= 0.6 is 0 Å². The van der Waals surface area contributed by atoms with Gasteiger partial charge in [0.1, 0.15) is 0 Å². The van der Waals surface area contributed by atoms with Crippen molar-refractivity contribution in [2.45, 2.75) is 82.3 Å². The molecule has 3 aromatic carbocycles. The summed E-state index contributed by atoms with van der Waals surface area (Å²) >= 11 is 0. The van der Waals surface area contributed by atoms with Crippen molar-refractivity contribution in [2.24, 2.45) is 5.92 Å². The number of ether oxygens (including phenoxy) is 2. The zero-order chi connectivity index (χ0) is 37.2. The molecule has 1 fully saturated rings. The molecule has 11 nitrogen and oxygen atoms in total. The van der Waals surface area contributed by atoms with E-state index < -0.39 is 31.5 Å². The molecule has 1 spiro atoms. The van der Waals surface area contributed by atoms with Gasteiger partial charge in [-0.2, -0.15) is 0 Å². The van der Waals surface area contributed by atoms with Gasteiger partial charge in [-0.15, -0.1) is 0 Å². The Morgan fingerprint density at radius 1 is 1.00 bits per heavy atom. The number of aryl methyl sites for hydroxylation is 1. The van der Waals surface area contributed by atoms with E-state index in [0.29, 0.717) is 55.7 Å². The van der Waals surface area contributed by atoms with Crippen LogP contribution in [0.25, 0.3) is 0 Å². The number of aliphatic hydroxyl groups is 1. The van der Waals surface area contributed by atoms with Crippen LogP contribution in [-0.2, 0) is 47.2 Å². The Kier molecular flexibility index (Phi) is 11.0. The lowest BCUT2D eigenvalue weighted by atomic mass is 9.82. The number of amides is 3. The number of carbonyl (C=O) groups excluding carboxylic acids is 4. The molecule has 2 N–H and O–H groups in total. The first-order chi connectivity index (χ1) is 24.9. The van der Waals surface area contributed by atoms with Gasteiger partial charge in [-0.05, 0) is 67.7 Å². The van der Waals surface area contributed by atoms with E-state index >= 15 is 0 Å². The number of rotatable bonds is 13. The van der Waals surface area contributed by atoms with Gasteiger partial charge >= 0.3 is 5.97 Å². The number of benzene rings is 3. The minimum atomic E-state index is -3.10. The second-order valence-electron chi connectivity index (χ2n) is 14.6. The molecule has 0 bridgehead atoms. The Hall–Kier alpha value is -4.36.